The molecule has 1 atom stereocenters. The van der Waals surface area contributed by atoms with Crippen molar-refractivity contribution < 1.29 is 14.3 Å². The third-order valence-electron chi connectivity index (χ3n) is 5.14. The van der Waals surface area contributed by atoms with Crippen molar-refractivity contribution in [2.45, 2.75) is 26.3 Å². The molecular formula is C21H33N5O3. The molecule has 0 saturated carbocycles. The Labute approximate surface area is 173 Å². The predicted molar refractivity (Wildman–Crippen MR) is 115 cm³/mol. The molecule has 8 nitrogen and oxygen atoms in total. The summed E-state index contributed by atoms with van der Waals surface area (Å²) in [5.74, 6) is 1.59. The van der Waals surface area contributed by atoms with E-state index >= 15 is 0 Å². The standard InChI is InChI=1S/C21H33N5O3/c1-3-22-21(26-9-7-19(16-26)25-10-13-28-14-11-25)23-8-12-29-20-6-4-5-18(15-20)24-17(2)27/h4-6,15,19H,3,7-14,16H2,1-2H3,(H,22,23)(H,24,27). The molecule has 29 heavy (non-hydrogen) atoms. The third-order valence-corrected chi connectivity index (χ3v) is 5.14. The second-order valence-corrected chi connectivity index (χ2v) is 7.33. The molecule has 0 radical (unpaired) electrons. The minimum Gasteiger partial charge on any atom is -0.492 e. The van der Waals surface area contributed by atoms with Crippen LogP contribution in [-0.4, -0.2) is 86.8 Å². The summed E-state index contributed by atoms with van der Waals surface area (Å²) in [6.45, 7) is 11.2. The van der Waals surface area contributed by atoms with E-state index < -0.39 is 0 Å². The number of nitrogens with one attached hydrogen (secondary N) is 2. The molecule has 3 rings (SSSR count). The van der Waals surface area contributed by atoms with E-state index in [9.17, 15) is 4.79 Å². The van der Waals surface area contributed by atoms with Gasteiger partial charge in [0, 0.05) is 57.4 Å². The van der Waals surface area contributed by atoms with Crippen molar-refractivity contribution in [3.8, 4) is 5.75 Å². The Balaban J connectivity index is 1.48. The van der Waals surface area contributed by atoms with Crippen molar-refractivity contribution in [1.29, 1.82) is 0 Å². The van der Waals surface area contributed by atoms with Crippen LogP contribution in [0.1, 0.15) is 20.3 Å². The Morgan fingerprint density at radius 2 is 2.14 bits per heavy atom. The Bertz CT molecular complexity index is 691. The molecule has 1 aromatic carbocycles. The minimum absolute atomic E-state index is 0.0944. The topological polar surface area (TPSA) is 78.4 Å². The highest BCUT2D eigenvalue weighted by Crippen LogP contribution is 2.18. The number of ether oxygens (including phenoxy) is 2. The molecule has 2 heterocycles. The molecule has 1 unspecified atom stereocenters. The number of rotatable bonds is 7. The van der Waals surface area contributed by atoms with Crippen LogP contribution in [0.4, 0.5) is 5.69 Å². The highest BCUT2D eigenvalue weighted by molar-refractivity contribution is 5.88. The van der Waals surface area contributed by atoms with Gasteiger partial charge in [-0.2, -0.15) is 0 Å². The van der Waals surface area contributed by atoms with Gasteiger partial charge in [0.25, 0.3) is 0 Å². The average molecular weight is 404 g/mol. The number of guanidine groups is 1. The van der Waals surface area contributed by atoms with Gasteiger partial charge in [0.05, 0.1) is 19.8 Å². The summed E-state index contributed by atoms with van der Waals surface area (Å²) in [6.07, 6.45) is 1.16. The number of likely N-dealkylation sites (tertiary alicyclic amines) is 1. The lowest BCUT2D eigenvalue weighted by Gasteiger charge is -2.32. The number of anilines is 1. The first-order valence-electron chi connectivity index (χ1n) is 10.5. The summed E-state index contributed by atoms with van der Waals surface area (Å²) in [4.78, 5) is 20.8. The van der Waals surface area contributed by atoms with Crippen LogP contribution in [0.25, 0.3) is 0 Å². The zero-order chi connectivity index (χ0) is 20.5. The van der Waals surface area contributed by atoms with E-state index in [4.69, 9.17) is 14.5 Å². The summed E-state index contributed by atoms with van der Waals surface area (Å²) in [5, 5.41) is 6.17. The molecular weight excluding hydrogens is 370 g/mol. The fraction of sp³-hybridized carbons (Fsp3) is 0.619. The lowest BCUT2D eigenvalue weighted by atomic mass is 10.2. The highest BCUT2D eigenvalue weighted by Gasteiger charge is 2.30. The van der Waals surface area contributed by atoms with Crippen molar-refractivity contribution in [1.82, 2.24) is 15.1 Å². The number of nitrogens with zero attached hydrogens (tertiary/aromatic N) is 3. The van der Waals surface area contributed by atoms with Crippen LogP contribution in [0.5, 0.6) is 5.75 Å². The quantitative estimate of drug-likeness (QED) is 0.407. The molecule has 0 aliphatic carbocycles. The molecule has 2 aliphatic rings. The zero-order valence-corrected chi connectivity index (χ0v) is 17.5. The van der Waals surface area contributed by atoms with Crippen LogP contribution >= 0.6 is 0 Å². The number of morpholine rings is 1. The Morgan fingerprint density at radius 1 is 1.31 bits per heavy atom. The van der Waals surface area contributed by atoms with Gasteiger partial charge in [-0.15, -0.1) is 0 Å². The summed E-state index contributed by atoms with van der Waals surface area (Å²) < 4.78 is 11.3. The molecule has 2 N–H and O–H groups in total. The van der Waals surface area contributed by atoms with Gasteiger partial charge in [-0.1, -0.05) is 6.07 Å². The SMILES string of the molecule is CCNC(=NCCOc1cccc(NC(C)=O)c1)N1CCC(N2CCOCC2)C1. The van der Waals surface area contributed by atoms with Gasteiger partial charge in [0.2, 0.25) is 5.91 Å². The van der Waals surface area contributed by atoms with Gasteiger partial charge in [-0.05, 0) is 25.5 Å². The molecule has 160 valence electrons. The normalized spacial score (nSPS) is 20.6. The monoisotopic (exact) mass is 403 g/mol. The van der Waals surface area contributed by atoms with E-state index in [1.165, 1.54) is 6.92 Å². The molecule has 1 aromatic rings. The average Bonchev–Trinajstić information content (AvgIpc) is 3.21. The number of hydrogen-bond donors (Lipinski definition) is 2. The lowest BCUT2D eigenvalue weighted by Crippen LogP contribution is -2.46. The number of hydrogen-bond acceptors (Lipinski definition) is 5. The zero-order valence-electron chi connectivity index (χ0n) is 17.5. The van der Waals surface area contributed by atoms with Crippen LogP contribution in [0.2, 0.25) is 0 Å². The van der Waals surface area contributed by atoms with Gasteiger partial charge in [0.15, 0.2) is 5.96 Å². The molecule has 0 bridgehead atoms. The first kappa shape index (κ1) is 21.4. The van der Waals surface area contributed by atoms with Crippen LogP contribution < -0.4 is 15.4 Å². The molecule has 0 spiro atoms. The summed E-state index contributed by atoms with van der Waals surface area (Å²) in [5.41, 5.74) is 0.734. The van der Waals surface area contributed by atoms with Crippen molar-refractivity contribution in [2.24, 2.45) is 4.99 Å². The van der Waals surface area contributed by atoms with Crippen LogP contribution in [0, 0.1) is 0 Å². The summed E-state index contributed by atoms with van der Waals surface area (Å²) in [6, 6.07) is 7.99. The molecule has 2 fully saturated rings. The van der Waals surface area contributed by atoms with Gasteiger partial charge in [-0.25, -0.2) is 4.99 Å². The number of amides is 1. The van der Waals surface area contributed by atoms with E-state index in [2.05, 4.69) is 27.4 Å². The van der Waals surface area contributed by atoms with Crippen molar-refractivity contribution in [2.75, 3.05) is 64.4 Å². The number of carbonyl (C=O) groups excluding carboxylic acids is 1. The molecule has 2 saturated heterocycles. The predicted octanol–water partition coefficient (Wildman–Crippen LogP) is 1.40. The van der Waals surface area contributed by atoms with Crippen molar-refractivity contribution in [3.63, 3.8) is 0 Å². The summed E-state index contributed by atoms with van der Waals surface area (Å²) in [7, 11) is 0. The van der Waals surface area contributed by atoms with Gasteiger partial charge < -0.3 is 25.0 Å². The highest BCUT2D eigenvalue weighted by atomic mass is 16.5. The Kier molecular flexibility index (Phi) is 8.13. The van der Waals surface area contributed by atoms with Crippen LogP contribution in [0.15, 0.2) is 29.3 Å². The summed E-state index contributed by atoms with van der Waals surface area (Å²) >= 11 is 0. The van der Waals surface area contributed by atoms with Crippen molar-refractivity contribution in [3.05, 3.63) is 24.3 Å². The Morgan fingerprint density at radius 3 is 2.90 bits per heavy atom. The van der Waals surface area contributed by atoms with E-state index in [0.717, 1.165) is 69.8 Å². The lowest BCUT2D eigenvalue weighted by molar-refractivity contribution is -0.114. The van der Waals surface area contributed by atoms with Gasteiger partial charge in [-0.3, -0.25) is 9.69 Å². The first-order valence-corrected chi connectivity index (χ1v) is 10.5. The smallest absolute Gasteiger partial charge is 0.221 e. The largest absolute Gasteiger partial charge is 0.492 e. The second-order valence-electron chi connectivity index (χ2n) is 7.33. The Hall–Kier alpha value is -2.32. The van der Waals surface area contributed by atoms with E-state index in [-0.39, 0.29) is 5.91 Å². The number of aliphatic imine (C=N–C) groups is 1. The van der Waals surface area contributed by atoms with Crippen molar-refractivity contribution >= 4 is 17.6 Å². The molecule has 2 aliphatic heterocycles. The maximum absolute atomic E-state index is 11.2. The second kappa shape index (κ2) is 11.0. The van der Waals surface area contributed by atoms with Gasteiger partial charge >= 0.3 is 0 Å². The molecule has 0 aromatic heterocycles. The minimum atomic E-state index is -0.0944. The fourth-order valence-corrected chi connectivity index (χ4v) is 3.78. The molecule has 8 heteroatoms. The van der Waals surface area contributed by atoms with E-state index in [1.807, 2.05) is 24.3 Å². The maximum Gasteiger partial charge on any atom is 0.221 e. The number of carbonyl (C=O) groups is 1. The van der Waals surface area contributed by atoms with Crippen LogP contribution in [0.3, 0.4) is 0 Å². The maximum atomic E-state index is 11.2. The van der Waals surface area contributed by atoms with E-state index in [1.54, 1.807) is 0 Å². The fourth-order valence-electron chi connectivity index (χ4n) is 3.78. The third kappa shape index (κ3) is 6.61. The van der Waals surface area contributed by atoms with E-state index in [0.29, 0.717) is 19.2 Å². The molecule has 1 amide bonds. The first-order chi connectivity index (χ1) is 14.2. The van der Waals surface area contributed by atoms with Crippen LogP contribution in [-0.2, 0) is 9.53 Å². The number of benzene rings is 1. The van der Waals surface area contributed by atoms with Gasteiger partial charge in [0.1, 0.15) is 12.4 Å².